The number of primary amides is 1. The van der Waals surface area contributed by atoms with Gasteiger partial charge in [-0.2, -0.15) is 0 Å². The minimum atomic E-state index is -0.443. The van der Waals surface area contributed by atoms with Crippen molar-refractivity contribution in [3.05, 3.63) is 29.8 Å². The van der Waals surface area contributed by atoms with Crippen molar-refractivity contribution in [3.8, 4) is 5.75 Å². The summed E-state index contributed by atoms with van der Waals surface area (Å²) in [6, 6.07) is 8.27. The Kier molecular flexibility index (Phi) is 6.92. The molecular weight excluding hydrogens is 244 g/mol. The van der Waals surface area contributed by atoms with Crippen LogP contribution in [0.25, 0.3) is 0 Å². The molecule has 1 aromatic carbocycles. The van der Waals surface area contributed by atoms with Crippen molar-refractivity contribution in [3.63, 3.8) is 0 Å². The lowest BCUT2D eigenvalue weighted by molar-refractivity contribution is -0.122. The van der Waals surface area contributed by atoms with Crippen LogP contribution in [0.1, 0.15) is 12.5 Å². The molecule has 3 N–H and O–H groups in total. The first-order chi connectivity index (χ1) is 9.13. The number of hydrogen-bond acceptors (Lipinski definition) is 4. The number of nitrogens with one attached hydrogen (secondary N) is 1. The highest BCUT2D eigenvalue weighted by Crippen LogP contribution is 2.18. The molecule has 0 aliphatic heterocycles. The first kappa shape index (κ1) is 15.5. The minimum Gasteiger partial charge on any atom is -0.496 e. The Bertz CT molecular complexity index is 396. The zero-order valence-electron chi connectivity index (χ0n) is 11.5. The van der Waals surface area contributed by atoms with Crippen molar-refractivity contribution >= 4 is 5.91 Å². The predicted octanol–water partition coefficient (Wildman–Crippen LogP) is 0.718. The third kappa shape index (κ3) is 6.22. The number of rotatable bonds is 9. The Labute approximate surface area is 114 Å². The van der Waals surface area contributed by atoms with Gasteiger partial charge < -0.3 is 20.5 Å². The van der Waals surface area contributed by atoms with E-state index in [0.29, 0.717) is 19.2 Å². The fourth-order valence-corrected chi connectivity index (χ4v) is 1.82. The standard InChI is InChI=1S/C14H22N2O3/c1-11(16-7-8-19-10-14(15)17)9-12-5-3-4-6-13(12)18-2/h3-6,11,16H,7-10H2,1-2H3,(H2,15,17). The molecule has 106 valence electrons. The molecule has 0 aromatic heterocycles. The van der Waals surface area contributed by atoms with Gasteiger partial charge in [0.2, 0.25) is 5.91 Å². The largest absolute Gasteiger partial charge is 0.496 e. The number of methoxy groups -OCH3 is 1. The average Bonchev–Trinajstić information content (AvgIpc) is 2.38. The minimum absolute atomic E-state index is 0.0252. The monoisotopic (exact) mass is 266 g/mol. The van der Waals surface area contributed by atoms with Gasteiger partial charge in [0.25, 0.3) is 0 Å². The van der Waals surface area contributed by atoms with E-state index in [4.69, 9.17) is 15.2 Å². The lowest BCUT2D eigenvalue weighted by atomic mass is 10.1. The molecule has 0 saturated heterocycles. The van der Waals surface area contributed by atoms with Crippen LogP contribution < -0.4 is 15.8 Å². The molecular formula is C14H22N2O3. The third-order valence-electron chi connectivity index (χ3n) is 2.70. The first-order valence-electron chi connectivity index (χ1n) is 6.34. The molecule has 19 heavy (non-hydrogen) atoms. The van der Waals surface area contributed by atoms with Gasteiger partial charge in [0.1, 0.15) is 12.4 Å². The van der Waals surface area contributed by atoms with Gasteiger partial charge in [0, 0.05) is 12.6 Å². The predicted molar refractivity (Wildman–Crippen MR) is 74.2 cm³/mol. The molecule has 1 aromatic rings. The zero-order chi connectivity index (χ0) is 14.1. The fraction of sp³-hybridized carbons (Fsp3) is 0.500. The van der Waals surface area contributed by atoms with E-state index in [1.165, 1.54) is 5.56 Å². The quantitative estimate of drug-likeness (QED) is 0.646. The first-order valence-corrected chi connectivity index (χ1v) is 6.34. The van der Waals surface area contributed by atoms with E-state index in [0.717, 1.165) is 12.2 Å². The summed E-state index contributed by atoms with van der Waals surface area (Å²) in [4.78, 5) is 10.5. The molecule has 1 atom stereocenters. The van der Waals surface area contributed by atoms with Crippen LogP contribution in [0.3, 0.4) is 0 Å². The normalized spacial score (nSPS) is 12.1. The number of carbonyl (C=O) groups excluding carboxylic acids is 1. The van der Waals surface area contributed by atoms with E-state index in [2.05, 4.69) is 18.3 Å². The Hall–Kier alpha value is -1.59. The third-order valence-corrected chi connectivity index (χ3v) is 2.70. The molecule has 0 spiro atoms. The van der Waals surface area contributed by atoms with Gasteiger partial charge in [-0.3, -0.25) is 4.79 Å². The van der Waals surface area contributed by atoms with E-state index < -0.39 is 5.91 Å². The maximum absolute atomic E-state index is 10.5. The summed E-state index contributed by atoms with van der Waals surface area (Å²) in [7, 11) is 1.68. The van der Waals surface area contributed by atoms with Crippen molar-refractivity contribution in [2.45, 2.75) is 19.4 Å². The molecule has 5 nitrogen and oxygen atoms in total. The molecule has 5 heteroatoms. The van der Waals surface area contributed by atoms with E-state index in [1.807, 2.05) is 18.2 Å². The maximum atomic E-state index is 10.5. The smallest absolute Gasteiger partial charge is 0.243 e. The highest BCUT2D eigenvalue weighted by atomic mass is 16.5. The van der Waals surface area contributed by atoms with Crippen LogP contribution in [0.4, 0.5) is 0 Å². The van der Waals surface area contributed by atoms with E-state index in [9.17, 15) is 4.79 Å². The van der Waals surface area contributed by atoms with Crippen molar-refractivity contribution in [1.82, 2.24) is 5.32 Å². The zero-order valence-corrected chi connectivity index (χ0v) is 11.5. The van der Waals surface area contributed by atoms with Gasteiger partial charge in [-0.1, -0.05) is 18.2 Å². The number of amides is 1. The molecule has 1 amide bonds. The van der Waals surface area contributed by atoms with Crippen molar-refractivity contribution < 1.29 is 14.3 Å². The van der Waals surface area contributed by atoms with Crippen molar-refractivity contribution in [2.24, 2.45) is 5.73 Å². The van der Waals surface area contributed by atoms with Crippen LogP contribution in [0.2, 0.25) is 0 Å². The molecule has 0 heterocycles. The second-order valence-corrected chi connectivity index (χ2v) is 4.39. The molecule has 0 fully saturated rings. The second-order valence-electron chi connectivity index (χ2n) is 4.39. The van der Waals surface area contributed by atoms with E-state index in [-0.39, 0.29) is 6.61 Å². The Morgan fingerprint density at radius 1 is 1.42 bits per heavy atom. The van der Waals surface area contributed by atoms with E-state index >= 15 is 0 Å². The summed E-state index contributed by atoms with van der Waals surface area (Å²) in [5.74, 6) is 0.461. The number of benzene rings is 1. The SMILES string of the molecule is COc1ccccc1CC(C)NCCOCC(N)=O. The van der Waals surface area contributed by atoms with Gasteiger partial charge in [0.05, 0.1) is 13.7 Å². The van der Waals surface area contributed by atoms with Gasteiger partial charge in [0.15, 0.2) is 0 Å². The Balaban J connectivity index is 2.27. The lowest BCUT2D eigenvalue weighted by Crippen LogP contribution is -2.32. The molecule has 1 rings (SSSR count). The number of carbonyl (C=O) groups is 1. The van der Waals surface area contributed by atoms with Gasteiger partial charge >= 0.3 is 0 Å². The molecule has 0 aliphatic rings. The molecule has 0 saturated carbocycles. The number of para-hydroxylation sites is 1. The van der Waals surface area contributed by atoms with Crippen LogP contribution in [0.5, 0.6) is 5.75 Å². The highest BCUT2D eigenvalue weighted by Gasteiger charge is 2.07. The number of nitrogens with two attached hydrogens (primary N) is 1. The summed E-state index contributed by atoms with van der Waals surface area (Å²) < 4.78 is 10.4. The highest BCUT2D eigenvalue weighted by molar-refractivity contribution is 5.74. The lowest BCUT2D eigenvalue weighted by Gasteiger charge is -2.15. The fourth-order valence-electron chi connectivity index (χ4n) is 1.82. The van der Waals surface area contributed by atoms with E-state index in [1.54, 1.807) is 7.11 Å². The summed E-state index contributed by atoms with van der Waals surface area (Å²) >= 11 is 0. The van der Waals surface area contributed by atoms with Crippen LogP contribution in [0.15, 0.2) is 24.3 Å². The van der Waals surface area contributed by atoms with Crippen LogP contribution in [0, 0.1) is 0 Å². The average molecular weight is 266 g/mol. The van der Waals surface area contributed by atoms with Gasteiger partial charge in [-0.15, -0.1) is 0 Å². The molecule has 0 radical (unpaired) electrons. The Morgan fingerprint density at radius 2 is 2.16 bits per heavy atom. The second kappa shape index (κ2) is 8.50. The number of hydrogen-bond donors (Lipinski definition) is 2. The molecule has 1 unspecified atom stereocenters. The molecule has 0 bridgehead atoms. The number of ether oxygens (including phenoxy) is 2. The maximum Gasteiger partial charge on any atom is 0.243 e. The van der Waals surface area contributed by atoms with Crippen LogP contribution in [-0.4, -0.2) is 38.8 Å². The van der Waals surface area contributed by atoms with Crippen LogP contribution >= 0.6 is 0 Å². The summed E-state index contributed by atoms with van der Waals surface area (Å²) in [6.07, 6.45) is 0.875. The van der Waals surface area contributed by atoms with Crippen molar-refractivity contribution in [1.29, 1.82) is 0 Å². The van der Waals surface area contributed by atoms with Crippen LogP contribution in [-0.2, 0) is 16.0 Å². The Morgan fingerprint density at radius 3 is 2.84 bits per heavy atom. The van der Waals surface area contributed by atoms with Gasteiger partial charge in [-0.05, 0) is 25.0 Å². The summed E-state index contributed by atoms with van der Waals surface area (Å²) in [5.41, 5.74) is 6.14. The topological polar surface area (TPSA) is 73.6 Å². The van der Waals surface area contributed by atoms with Crippen molar-refractivity contribution in [2.75, 3.05) is 26.9 Å². The summed E-state index contributed by atoms with van der Waals surface area (Å²) in [6.45, 7) is 3.23. The van der Waals surface area contributed by atoms with Gasteiger partial charge in [-0.25, -0.2) is 0 Å². The molecule has 0 aliphatic carbocycles. The summed E-state index contributed by atoms with van der Waals surface area (Å²) in [5, 5.41) is 3.32.